The number of para-hydroxylation sites is 1. The number of nitrogens with zero attached hydrogens (tertiary/aromatic N) is 3. The van der Waals surface area contributed by atoms with Crippen LogP contribution in [0.25, 0.3) is 38.9 Å². The largest absolute Gasteiger partial charge is 0.493 e. The number of pyridine rings is 1. The van der Waals surface area contributed by atoms with E-state index < -0.39 is 16.9 Å². The van der Waals surface area contributed by atoms with E-state index in [0.29, 0.717) is 28.3 Å². The highest BCUT2D eigenvalue weighted by Crippen LogP contribution is 2.39. The molecule has 0 saturated carbocycles. The van der Waals surface area contributed by atoms with E-state index in [-0.39, 0.29) is 27.9 Å². The van der Waals surface area contributed by atoms with Crippen molar-refractivity contribution in [2.75, 3.05) is 20.0 Å². The van der Waals surface area contributed by atoms with E-state index in [9.17, 15) is 14.4 Å². The molecule has 0 atom stereocenters. The van der Waals surface area contributed by atoms with Gasteiger partial charge in [0.05, 0.1) is 30.7 Å². The second kappa shape index (κ2) is 7.89. The zero-order chi connectivity index (χ0) is 24.0. The van der Waals surface area contributed by atoms with Crippen LogP contribution < -0.4 is 32.1 Å². The number of H-pyrrole nitrogens is 2. The SMILES string of the molecule is COc1ccc(-c2c3c(N)n(-c4ccccc4)c(=O)nc3nc3[nH]c(=O)[nH]c(=O)c23)cc1OC. The summed E-state index contributed by atoms with van der Waals surface area (Å²) in [6.07, 6.45) is 0. The number of anilines is 1. The minimum Gasteiger partial charge on any atom is -0.493 e. The van der Waals surface area contributed by atoms with Gasteiger partial charge in [0.25, 0.3) is 5.56 Å². The number of fused-ring (bicyclic) bond motifs is 2. The van der Waals surface area contributed by atoms with Crippen molar-refractivity contribution in [1.82, 2.24) is 24.5 Å². The molecule has 5 aromatic rings. The van der Waals surface area contributed by atoms with Crippen LogP contribution in [0.2, 0.25) is 0 Å². The number of ether oxygens (including phenoxy) is 2. The molecule has 0 amide bonds. The fraction of sp³-hybridized carbons (Fsp3) is 0.0870. The van der Waals surface area contributed by atoms with Gasteiger partial charge in [-0.05, 0) is 29.8 Å². The van der Waals surface area contributed by atoms with Gasteiger partial charge in [-0.2, -0.15) is 4.98 Å². The van der Waals surface area contributed by atoms with Gasteiger partial charge in [0.2, 0.25) is 0 Å². The van der Waals surface area contributed by atoms with Crippen LogP contribution in [0.15, 0.2) is 62.9 Å². The maximum atomic E-state index is 12.9. The Morgan fingerprint density at radius 1 is 0.882 bits per heavy atom. The Kier molecular flexibility index (Phi) is 4.86. The fourth-order valence-electron chi connectivity index (χ4n) is 3.97. The van der Waals surface area contributed by atoms with E-state index in [0.717, 1.165) is 0 Å². The summed E-state index contributed by atoms with van der Waals surface area (Å²) in [4.78, 5) is 50.9. The third kappa shape index (κ3) is 3.18. The maximum absolute atomic E-state index is 12.9. The van der Waals surface area contributed by atoms with Gasteiger partial charge in [0, 0.05) is 5.56 Å². The van der Waals surface area contributed by atoms with E-state index >= 15 is 0 Å². The molecule has 4 N–H and O–H groups in total. The van der Waals surface area contributed by atoms with Gasteiger partial charge in [-0.15, -0.1) is 0 Å². The molecule has 0 unspecified atom stereocenters. The summed E-state index contributed by atoms with van der Waals surface area (Å²) in [6, 6.07) is 13.8. The predicted octanol–water partition coefficient (Wildman–Crippen LogP) is 1.58. The second-order valence-electron chi connectivity index (χ2n) is 7.34. The molecule has 0 aliphatic heterocycles. The molecule has 34 heavy (non-hydrogen) atoms. The number of benzene rings is 2. The normalized spacial score (nSPS) is 11.1. The third-order valence-corrected chi connectivity index (χ3v) is 5.44. The number of rotatable bonds is 4. The first-order valence-electron chi connectivity index (χ1n) is 10.1. The molecule has 0 aliphatic carbocycles. The van der Waals surface area contributed by atoms with Gasteiger partial charge in [-0.25, -0.2) is 19.1 Å². The van der Waals surface area contributed by atoms with Gasteiger partial charge < -0.3 is 15.2 Å². The van der Waals surface area contributed by atoms with Crippen molar-refractivity contribution < 1.29 is 9.47 Å². The Morgan fingerprint density at radius 3 is 2.32 bits per heavy atom. The van der Waals surface area contributed by atoms with Crippen molar-refractivity contribution >= 4 is 27.9 Å². The van der Waals surface area contributed by atoms with Crippen molar-refractivity contribution in [2.24, 2.45) is 0 Å². The number of methoxy groups -OCH3 is 2. The monoisotopic (exact) mass is 458 g/mol. The molecule has 3 aromatic heterocycles. The van der Waals surface area contributed by atoms with Crippen molar-refractivity contribution in [2.45, 2.75) is 0 Å². The fourth-order valence-corrected chi connectivity index (χ4v) is 3.97. The number of aromatic nitrogens is 5. The highest BCUT2D eigenvalue weighted by atomic mass is 16.5. The molecule has 170 valence electrons. The zero-order valence-electron chi connectivity index (χ0n) is 18.1. The Morgan fingerprint density at radius 2 is 1.62 bits per heavy atom. The van der Waals surface area contributed by atoms with Gasteiger partial charge in [0.15, 0.2) is 17.1 Å². The molecule has 0 bridgehead atoms. The summed E-state index contributed by atoms with van der Waals surface area (Å²) in [6.45, 7) is 0. The quantitative estimate of drug-likeness (QED) is 0.343. The van der Waals surface area contributed by atoms with Crippen LogP contribution in [0.5, 0.6) is 11.5 Å². The molecule has 0 radical (unpaired) electrons. The van der Waals surface area contributed by atoms with E-state index in [1.54, 1.807) is 48.5 Å². The van der Waals surface area contributed by atoms with Crippen LogP contribution in [0.4, 0.5) is 5.82 Å². The maximum Gasteiger partial charge on any atom is 0.355 e. The Bertz CT molecular complexity index is 1750. The third-order valence-electron chi connectivity index (χ3n) is 5.44. The van der Waals surface area contributed by atoms with E-state index in [4.69, 9.17) is 15.2 Å². The summed E-state index contributed by atoms with van der Waals surface area (Å²) in [5.41, 5.74) is 5.74. The molecule has 0 aliphatic rings. The second-order valence-corrected chi connectivity index (χ2v) is 7.34. The van der Waals surface area contributed by atoms with Crippen molar-refractivity contribution in [3.8, 4) is 28.3 Å². The first-order chi connectivity index (χ1) is 16.4. The lowest BCUT2D eigenvalue weighted by Crippen LogP contribution is -2.26. The van der Waals surface area contributed by atoms with Crippen molar-refractivity contribution in [3.05, 3.63) is 79.9 Å². The van der Waals surface area contributed by atoms with Crippen molar-refractivity contribution in [1.29, 1.82) is 0 Å². The van der Waals surface area contributed by atoms with Gasteiger partial charge in [-0.3, -0.25) is 14.8 Å². The lowest BCUT2D eigenvalue weighted by molar-refractivity contribution is 0.355. The van der Waals surface area contributed by atoms with Crippen LogP contribution in [-0.2, 0) is 0 Å². The topological polar surface area (TPSA) is 158 Å². The van der Waals surface area contributed by atoms with Crippen LogP contribution in [0.1, 0.15) is 0 Å². The van der Waals surface area contributed by atoms with E-state index in [1.807, 2.05) is 0 Å². The van der Waals surface area contributed by atoms with E-state index in [2.05, 4.69) is 19.9 Å². The van der Waals surface area contributed by atoms with Gasteiger partial charge in [0.1, 0.15) is 11.5 Å². The Balaban J connectivity index is 2.02. The summed E-state index contributed by atoms with van der Waals surface area (Å²) in [7, 11) is 2.99. The van der Waals surface area contributed by atoms with E-state index in [1.165, 1.54) is 18.8 Å². The highest BCUT2D eigenvalue weighted by molar-refractivity contribution is 6.11. The average molecular weight is 458 g/mol. The number of hydrogen-bond donors (Lipinski definition) is 3. The summed E-state index contributed by atoms with van der Waals surface area (Å²) < 4.78 is 12.0. The summed E-state index contributed by atoms with van der Waals surface area (Å²) >= 11 is 0. The van der Waals surface area contributed by atoms with Crippen molar-refractivity contribution in [3.63, 3.8) is 0 Å². The minimum atomic E-state index is -0.742. The van der Waals surface area contributed by atoms with Crippen LogP contribution in [0.3, 0.4) is 0 Å². The molecule has 0 saturated heterocycles. The molecular weight excluding hydrogens is 440 g/mol. The zero-order valence-corrected chi connectivity index (χ0v) is 18.1. The lowest BCUT2D eigenvalue weighted by Gasteiger charge is -2.16. The first kappa shape index (κ1) is 20.9. The smallest absolute Gasteiger partial charge is 0.355 e. The number of hydrogen-bond acceptors (Lipinski definition) is 8. The summed E-state index contributed by atoms with van der Waals surface area (Å²) in [5.74, 6) is 0.913. The molecule has 11 nitrogen and oxygen atoms in total. The summed E-state index contributed by atoms with van der Waals surface area (Å²) in [5, 5.41) is 0.340. The lowest BCUT2D eigenvalue weighted by atomic mass is 9.98. The number of nitrogens with two attached hydrogens (primary N) is 1. The predicted molar refractivity (Wildman–Crippen MR) is 127 cm³/mol. The molecule has 5 rings (SSSR count). The minimum absolute atomic E-state index is 0.0202. The Labute approximate surface area is 190 Å². The number of nitrogens with one attached hydrogen (secondary N) is 2. The Hall–Kier alpha value is -4.93. The van der Waals surface area contributed by atoms with Crippen LogP contribution in [0, 0.1) is 0 Å². The number of aromatic amines is 2. The molecular formula is C23H18N6O5. The average Bonchev–Trinajstić information content (AvgIpc) is 2.82. The van der Waals surface area contributed by atoms with Crippen LogP contribution >= 0.6 is 0 Å². The first-order valence-corrected chi connectivity index (χ1v) is 10.1. The molecule has 0 spiro atoms. The molecule has 11 heteroatoms. The molecule has 2 aromatic carbocycles. The number of nitrogen functional groups attached to an aromatic ring is 1. The highest BCUT2D eigenvalue weighted by Gasteiger charge is 2.22. The van der Waals surface area contributed by atoms with Gasteiger partial charge in [-0.1, -0.05) is 24.3 Å². The van der Waals surface area contributed by atoms with Crippen LogP contribution in [-0.4, -0.2) is 38.7 Å². The van der Waals surface area contributed by atoms with Gasteiger partial charge >= 0.3 is 11.4 Å². The standard InChI is InChI=1S/C23H18N6O5/c1-33-13-9-8-11(10-14(13)34-2)15-16-18(24)29(12-6-4-3-5-7-12)23(32)27-19(16)25-20-17(15)21(30)28-22(31)26-20/h3-10H,24H2,1-2H3,(H2,25,26,27,28,30,31,32). The molecule has 3 heterocycles. The molecule has 0 fully saturated rings.